The molecule has 0 radical (unpaired) electrons. The number of nitriles is 1. The van der Waals surface area contributed by atoms with Crippen LogP contribution < -0.4 is 5.56 Å². The standard InChI is InChI=1S/C24H17N3O/c25-14-17-8-2-1-7-16(17)13-21-19-10-4-3-9-18(19)15-27-22-12-6-5-11-20(22)24(28)26-23(21)27/h1-12,21H,13,15H2/t21-/m1/s1. The molecule has 0 fully saturated rings. The fourth-order valence-electron chi connectivity index (χ4n) is 4.23. The van der Waals surface area contributed by atoms with Gasteiger partial charge in [-0.1, -0.05) is 54.6 Å². The minimum absolute atomic E-state index is 0.0724. The number of hydrogen-bond acceptors (Lipinski definition) is 3. The van der Waals surface area contributed by atoms with E-state index in [9.17, 15) is 10.1 Å². The highest BCUT2D eigenvalue weighted by atomic mass is 16.1. The summed E-state index contributed by atoms with van der Waals surface area (Å²) in [6.45, 7) is 0.690. The Morgan fingerprint density at radius 3 is 2.64 bits per heavy atom. The van der Waals surface area contributed by atoms with E-state index in [0.29, 0.717) is 23.9 Å². The lowest BCUT2D eigenvalue weighted by Crippen LogP contribution is -2.28. The van der Waals surface area contributed by atoms with Crippen LogP contribution in [0.3, 0.4) is 0 Å². The number of nitrogens with zero attached hydrogens (tertiary/aromatic N) is 3. The zero-order valence-electron chi connectivity index (χ0n) is 15.2. The smallest absolute Gasteiger partial charge is 0.280 e. The second-order valence-electron chi connectivity index (χ2n) is 7.10. The molecule has 0 saturated heterocycles. The molecule has 4 aromatic rings. The van der Waals surface area contributed by atoms with Crippen molar-refractivity contribution in [3.05, 3.63) is 111 Å². The van der Waals surface area contributed by atoms with Gasteiger partial charge in [-0.15, -0.1) is 0 Å². The van der Waals surface area contributed by atoms with Gasteiger partial charge in [0.05, 0.1) is 22.5 Å². The Kier molecular flexibility index (Phi) is 3.80. The molecule has 1 aliphatic heterocycles. The Balaban J connectivity index is 1.76. The molecule has 2 heterocycles. The summed E-state index contributed by atoms with van der Waals surface area (Å²) in [5.41, 5.74) is 4.76. The molecule has 1 atom stereocenters. The van der Waals surface area contributed by atoms with Gasteiger partial charge < -0.3 is 4.57 Å². The van der Waals surface area contributed by atoms with Crippen LogP contribution >= 0.6 is 0 Å². The van der Waals surface area contributed by atoms with Crippen molar-refractivity contribution in [2.45, 2.75) is 18.9 Å². The van der Waals surface area contributed by atoms with Crippen molar-refractivity contribution < 1.29 is 0 Å². The molecule has 134 valence electrons. The van der Waals surface area contributed by atoms with Crippen LogP contribution in [0.25, 0.3) is 10.9 Å². The van der Waals surface area contributed by atoms with E-state index in [1.165, 1.54) is 11.1 Å². The second kappa shape index (κ2) is 6.47. The predicted octanol–water partition coefficient (Wildman–Crippen LogP) is 4.00. The van der Waals surface area contributed by atoms with Crippen molar-refractivity contribution in [3.8, 4) is 6.07 Å². The summed E-state index contributed by atoms with van der Waals surface area (Å²) in [7, 11) is 0. The first kappa shape index (κ1) is 16.5. The monoisotopic (exact) mass is 363 g/mol. The van der Waals surface area contributed by atoms with E-state index in [-0.39, 0.29) is 11.5 Å². The minimum Gasteiger partial charge on any atom is -0.324 e. The molecule has 0 unspecified atom stereocenters. The van der Waals surface area contributed by atoms with Gasteiger partial charge in [-0.25, -0.2) is 0 Å². The summed E-state index contributed by atoms with van der Waals surface area (Å²) in [5.74, 6) is 0.701. The van der Waals surface area contributed by atoms with Gasteiger partial charge in [-0.2, -0.15) is 10.2 Å². The van der Waals surface area contributed by atoms with E-state index in [1.54, 1.807) is 0 Å². The normalized spacial score (nSPS) is 14.9. The largest absolute Gasteiger partial charge is 0.324 e. The molecular weight excluding hydrogens is 346 g/mol. The van der Waals surface area contributed by atoms with Gasteiger partial charge in [0.2, 0.25) is 0 Å². The molecule has 0 saturated carbocycles. The van der Waals surface area contributed by atoms with Crippen molar-refractivity contribution >= 4 is 10.9 Å². The van der Waals surface area contributed by atoms with Gasteiger partial charge in [0.15, 0.2) is 0 Å². The number of hydrogen-bond donors (Lipinski definition) is 0. The highest BCUT2D eigenvalue weighted by Gasteiger charge is 2.29. The Morgan fingerprint density at radius 1 is 1.00 bits per heavy atom. The van der Waals surface area contributed by atoms with Crippen molar-refractivity contribution in [2.24, 2.45) is 0 Å². The summed E-state index contributed by atoms with van der Waals surface area (Å²) in [6, 6.07) is 25.9. The molecule has 1 aromatic heterocycles. The highest BCUT2D eigenvalue weighted by Crippen LogP contribution is 2.36. The van der Waals surface area contributed by atoms with E-state index in [4.69, 9.17) is 0 Å². The van der Waals surface area contributed by atoms with Gasteiger partial charge in [0.25, 0.3) is 5.56 Å². The van der Waals surface area contributed by atoms with Gasteiger partial charge in [-0.3, -0.25) is 4.79 Å². The molecular formula is C24H17N3O. The van der Waals surface area contributed by atoms with E-state index in [2.05, 4.69) is 27.8 Å². The third-order valence-electron chi connectivity index (χ3n) is 5.55. The summed E-state index contributed by atoms with van der Waals surface area (Å²) in [5, 5.41) is 10.1. The van der Waals surface area contributed by atoms with Crippen LogP contribution in [0.4, 0.5) is 0 Å². The van der Waals surface area contributed by atoms with E-state index >= 15 is 0 Å². The van der Waals surface area contributed by atoms with Crippen LogP contribution in [-0.2, 0) is 13.0 Å². The molecule has 5 rings (SSSR count). The molecule has 4 nitrogen and oxygen atoms in total. The molecule has 4 heteroatoms. The summed E-state index contributed by atoms with van der Waals surface area (Å²) in [4.78, 5) is 17.2. The second-order valence-corrected chi connectivity index (χ2v) is 7.10. The third-order valence-corrected chi connectivity index (χ3v) is 5.55. The molecule has 0 spiro atoms. The Morgan fingerprint density at radius 2 is 1.75 bits per heavy atom. The first-order valence-corrected chi connectivity index (χ1v) is 9.31. The summed E-state index contributed by atoms with van der Waals surface area (Å²) < 4.78 is 2.15. The first-order chi connectivity index (χ1) is 13.8. The van der Waals surface area contributed by atoms with Crippen molar-refractivity contribution in [3.63, 3.8) is 0 Å². The summed E-state index contributed by atoms with van der Waals surface area (Å²) in [6.07, 6.45) is 0.630. The fourth-order valence-corrected chi connectivity index (χ4v) is 4.23. The maximum Gasteiger partial charge on any atom is 0.280 e. The fraction of sp³-hybridized carbons (Fsp3) is 0.125. The van der Waals surface area contributed by atoms with Gasteiger partial charge in [0, 0.05) is 12.5 Å². The first-order valence-electron chi connectivity index (χ1n) is 9.31. The van der Waals surface area contributed by atoms with Crippen LogP contribution in [0.5, 0.6) is 0 Å². The van der Waals surface area contributed by atoms with E-state index < -0.39 is 0 Å². The molecule has 3 aromatic carbocycles. The average Bonchev–Trinajstić information content (AvgIpc) is 2.75. The quantitative estimate of drug-likeness (QED) is 0.541. The average molecular weight is 363 g/mol. The lowest BCUT2D eigenvalue weighted by atomic mass is 9.84. The van der Waals surface area contributed by atoms with E-state index in [1.807, 2.05) is 60.7 Å². The maximum atomic E-state index is 12.7. The molecule has 0 bridgehead atoms. The minimum atomic E-state index is -0.195. The highest BCUT2D eigenvalue weighted by molar-refractivity contribution is 5.78. The van der Waals surface area contributed by atoms with Crippen LogP contribution in [0.1, 0.15) is 34.0 Å². The molecule has 0 aliphatic carbocycles. The van der Waals surface area contributed by atoms with Gasteiger partial charge in [-0.05, 0) is 41.3 Å². The Hall–Kier alpha value is -3.71. The molecule has 1 aliphatic rings. The van der Waals surface area contributed by atoms with Crippen molar-refractivity contribution in [1.82, 2.24) is 9.55 Å². The van der Waals surface area contributed by atoms with Crippen molar-refractivity contribution in [2.75, 3.05) is 0 Å². The topological polar surface area (TPSA) is 58.7 Å². The maximum absolute atomic E-state index is 12.7. The van der Waals surface area contributed by atoms with Crippen LogP contribution in [0.15, 0.2) is 77.6 Å². The number of benzene rings is 3. The zero-order valence-corrected chi connectivity index (χ0v) is 15.2. The number of rotatable bonds is 2. The van der Waals surface area contributed by atoms with Gasteiger partial charge in [0.1, 0.15) is 5.82 Å². The lowest BCUT2D eigenvalue weighted by molar-refractivity contribution is 0.603. The third kappa shape index (κ3) is 2.52. The Bertz CT molecular complexity index is 1310. The SMILES string of the molecule is N#Cc1ccccc1C[C@@H]1c2ccccc2Cn2c1nc(=O)c1ccccc12. The zero-order chi connectivity index (χ0) is 19.1. The van der Waals surface area contributed by atoms with Gasteiger partial charge >= 0.3 is 0 Å². The van der Waals surface area contributed by atoms with Crippen LogP contribution in [-0.4, -0.2) is 9.55 Å². The molecule has 0 amide bonds. The molecule has 28 heavy (non-hydrogen) atoms. The predicted molar refractivity (Wildman–Crippen MR) is 108 cm³/mol. The van der Waals surface area contributed by atoms with Crippen LogP contribution in [0.2, 0.25) is 0 Å². The number of aromatic nitrogens is 2. The Labute approximate surface area is 162 Å². The summed E-state index contributed by atoms with van der Waals surface area (Å²) >= 11 is 0. The van der Waals surface area contributed by atoms with Crippen LogP contribution in [0, 0.1) is 11.3 Å². The number of fused-ring (bicyclic) bond motifs is 4. The van der Waals surface area contributed by atoms with E-state index in [0.717, 1.165) is 16.9 Å². The molecule has 0 N–H and O–H groups in total. The van der Waals surface area contributed by atoms with Crippen molar-refractivity contribution in [1.29, 1.82) is 5.26 Å². The number of para-hydroxylation sites is 1. The lowest BCUT2D eigenvalue weighted by Gasteiger charge is -2.30.